The number of fused-ring (bicyclic) bond motifs is 1. The Morgan fingerprint density at radius 2 is 1.69 bits per heavy atom. The summed E-state index contributed by atoms with van der Waals surface area (Å²) in [7, 11) is 0. The Morgan fingerprint density at radius 3 is 2.31 bits per heavy atom. The number of Topliss-reactive ketones (excluding diaryl/α,β-unsaturated/α-hetero) is 4. The Hall–Kier alpha value is -3.24. The van der Waals surface area contributed by atoms with Crippen molar-refractivity contribution in [2.45, 2.75) is 144 Å². The number of carbonyl (C=O) groups is 6. The van der Waals surface area contributed by atoms with E-state index in [4.69, 9.17) is 0 Å². The summed E-state index contributed by atoms with van der Waals surface area (Å²) in [5, 5.41) is 9.66. The minimum Gasteiger partial charge on any atom is -0.344 e. The zero-order valence-corrected chi connectivity index (χ0v) is 31.0. The van der Waals surface area contributed by atoms with Gasteiger partial charge in [-0.15, -0.1) is 0 Å². The van der Waals surface area contributed by atoms with Gasteiger partial charge in [0.2, 0.25) is 17.6 Å². The number of ketones is 4. The van der Waals surface area contributed by atoms with E-state index in [0.717, 1.165) is 37.9 Å². The van der Waals surface area contributed by atoms with Crippen molar-refractivity contribution < 1.29 is 28.8 Å². The highest BCUT2D eigenvalue weighted by Crippen LogP contribution is 2.43. The molecule has 0 spiro atoms. The fraction of sp³-hybridized carbons (Fsp3) is 0.789. The standard InChI is InChI=1S/C38H61N5O6/c1-8-13-26(36(47)32(46)18-25(7)9-2)19-31(45)35-29-16-12-14-27(29)21-43(35)38(49)34(24(5)6)41-37(48)30(23(3)4)20-28(44)15-10-11-17-33-39-22-40-42-33/h22-27,29-30,34-35H,8-21H2,1-7H3,(H,41,48)(H,39,40,42)/t25-,26?,27+,29+,30-,34+,35+/m1/s1. The summed E-state index contributed by atoms with van der Waals surface area (Å²) in [5.41, 5.74) is 0. The first-order chi connectivity index (χ1) is 23.3. The third kappa shape index (κ3) is 11.1. The minimum absolute atomic E-state index is 0.00989. The van der Waals surface area contributed by atoms with Crippen LogP contribution in [0, 0.1) is 41.4 Å². The van der Waals surface area contributed by atoms with E-state index in [0.29, 0.717) is 38.6 Å². The van der Waals surface area contributed by atoms with Crippen LogP contribution in [0.3, 0.4) is 0 Å². The van der Waals surface area contributed by atoms with Gasteiger partial charge >= 0.3 is 0 Å². The molecule has 0 bridgehead atoms. The molecule has 0 radical (unpaired) electrons. The van der Waals surface area contributed by atoms with E-state index >= 15 is 0 Å². The number of carbonyl (C=O) groups excluding carboxylic acids is 6. The number of hydrogen-bond donors (Lipinski definition) is 2. The normalized spacial score (nSPS) is 21.3. The molecule has 2 heterocycles. The zero-order chi connectivity index (χ0) is 36.2. The molecule has 1 aromatic heterocycles. The first kappa shape index (κ1) is 40.2. The molecule has 1 unspecified atom stereocenters. The summed E-state index contributed by atoms with van der Waals surface area (Å²) in [4.78, 5) is 87.0. The predicted molar refractivity (Wildman–Crippen MR) is 187 cm³/mol. The molecule has 274 valence electrons. The van der Waals surface area contributed by atoms with Gasteiger partial charge in [-0.25, -0.2) is 4.98 Å². The van der Waals surface area contributed by atoms with E-state index in [1.165, 1.54) is 6.33 Å². The fourth-order valence-corrected chi connectivity index (χ4v) is 7.67. The summed E-state index contributed by atoms with van der Waals surface area (Å²) in [6, 6.07) is -1.53. The molecule has 2 N–H and O–H groups in total. The Bertz CT molecular complexity index is 1280. The lowest BCUT2D eigenvalue weighted by Crippen LogP contribution is -2.56. The molecule has 11 nitrogen and oxygen atoms in total. The second kappa shape index (κ2) is 19.2. The highest BCUT2D eigenvalue weighted by atomic mass is 16.2. The molecule has 1 saturated heterocycles. The third-order valence-electron chi connectivity index (χ3n) is 10.9. The molecule has 11 heteroatoms. The van der Waals surface area contributed by atoms with E-state index in [9.17, 15) is 28.8 Å². The average molecular weight is 684 g/mol. The summed E-state index contributed by atoms with van der Waals surface area (Å²) in [5.74, 6) is -2.18. The van der Waals surface area contributed by atoms with E-state index in [1.807, 2.05) is 48.5 Å². The van der Waals surface area contributed by atoms with Crippen LogP contribution in [0.5, 0.6) is 0 Å². The molecule has 1 aromatic rings. The molecular weight excluding hydrogens is 622 g/mol. The van der Waals surface area contributed by atoms with E-state index in [2.05, 4.69) is 20.5 Å². The van der Waals surface area contributed by atoms with Crippen molar-refractivity contribution in [1.29, 1.82) is 0 Å². The van der Waals surface area contributed by atoms with Crippen LogP contribution in [0.2, 0.25) is 0 Å². The highest BCUT2D eigenvalue weighted by molar-refractivity contribution is 6.38. The van der Waals surface area contributed by atoms with Gasteiger partial charge in [0.15, 0.2) is 11.6 Å². The average Bonchev–Trinajstić information content (AvgIpc) is 3.81. The maximum Gasteiger partial charge on any atom is 0.246 e. The maximum atomic E-state index is 14.3. The summed E-state index contributed by atoms with van der Waals surface area (Å²) < 4.78 is 0. The Labute approximate surface area is 292 Å². The Balaban J connectivity index is 1.71. The van der Waals surface area contributed by atoms with Crippen LogP contribution in [0.15, 0.2) is 6.33 Å². The summed E-state index contributed by atoms with van der Waals surface area (Å²) >= 11 is 0. The monoisotopic (exact) mass is 683 g/mol. The van der Waals surface area contributed by atoms with Crippen molar-refractivity contribution >= 4 is 34.9 Å². The molecular formula is C38H61N5O6. The van der Waals surface area contributed by atoms with E-state index < -0.39 is 35.5 Å². The molecule has 2 aliphatic rings. The van der Waals surface area contributed by atoms with Gasteiger partial charge in [0, 0.05) is 50.5 Å². The van der Waals surface area contributed by atoms with Gasteiger partial charge in [-0.3, -0.25) is 33.9 Å². The van der Waals surface area contributed by atoms with E-state index in [-0.39, 0.29) is 72.2 Å². The largest absolute Gasteiger partial charge is 0.344 e. The van der Waals surface area contributed by atoms with Crippen LogP contribution in [-0.2, 0) is 35.2 Å². The van der Waals surface area contributed by atoms with Crippen LogP contribution in [0.25, 0.3) is 0 Å². The van der Waals surface area contributed by atoms with Crippen LogP contribution in [-0.4, -0.2) is 73.7 Å². The van der Waals surface area contributed by atoms with Gasteiger partial charge < -0.3 is 10.2 Å². The first-order valence-electron chi connectivity index (χ1n) is 18.8. The topological polar surface area (TPSA) is 159 Å². The second-order valence-electron chi connectivity index (χ2n) is 15.4. The van der Waals surface area contributed by atoms with Gasteiger partial charge in [-0.1, -0.05) is 67.7 Å². The van der Waals surface area contributed by atoms with E-state index in [1.54, 1.807) is 4.90 Å². The smallest absolute Gasteiger partial charge is 0.246 e. The number of aromatic nitrogens is 3. The van der Waals surface area contributed by atoms with Crippen molar-refractivity contribution in [1.82, 2.24) is 25.4 Å². The molecule has 2 fully saturated rings. The van der Waals surface area contributed by atoms with Crippen molar-refractivity contribution in [3.05, 3.63) is 12.2 Å². The van der Waals surface area contributed by atoms with Gasteiger partial charge in [-0.2, -0.15) is 5.10 Å². The van der Waals surface area contributed by atoms with Crippen molar-refractivity contribution in [2.24, 2.45) is 41.4 Å². The number of unbranched alkanes of at least 4 members (excludes halogenated alkanes) is 1. The molecule has 3 rings (SSSR count). The molecule has 2 amide bonds. The number of aromatic amines is 1. The van der Waals surface area contributed by atoms with Crippen LogP contribution in [0.4, 0.5) is 0 Å². The molecule has 1 saturated carbocycles. The van der Waals surface area contributed by atoms with Crippen molar-refractivity contribution in [3.63, 3.8) is 0 Å². The van der Waals surface area contributed by atoms with Crippen molar-refractivity contribution in [3.8, 4) is 0 Å². The van der Waals surface area contributed by atoms with Gasteiger partial charge in [0.05, 0.1) is 6.04 Å². The van der Waals surface area contributed by atoms with Crippen LogP contribution < -0.4 is 5.32 Å². The summed E-state index contributed by atoms with van der Waals surface area (Å²) in [6.07, 6.45) is 8.89. The number of hydrogen-bond acceptors (Lipinski definition) is 8. The first-order valence-corrected chi connectivity index (χ1v) is 18.8. The number of H-pyrrole nitrogens is 1. The number of nitrogens with zero attached hydrogens (tertiary/aromatic N) is 3. The zero-order valence-electron chi connectivity index (χ0n) is 31.0. The number of amides is 2. The second-order valence-corrected chi connectivity index (χ2v) is 15.4. The Morgan fingerprint density at radius 1 is 0.959 bits per heavy atom. The van der Waals surface area contributed by atoms with Gasteiger partial charge in [0.25, 0.3) is 0 Å². The lowest BCUT2D eigenvalue weighted by atomic mass is 9.83. The molecule has 1 aliphatic carbocycles. The van der Waals surface area contributed by atoms with Crippen molar-refractivity contribution in [2.75, 3.05) is 6.54 Å². The van der Waals surface area contributed by atoms with Crippen LogP contribution in [0.1, 0.15) is 131 Å². The number of rotatable bonds is 22. The lowest BCUT2D eigenvalue weighted by molar-refractivity contribution is -0.145. The molecule has 1 aliphatic heterocycles. The van der Waals surface area contributed by atoms with Gasteiger partial charge in [0.1, 0.15) is 24.0 Å². The van der Waals surface area contributed by atoms with Crippen LogP contribution >= 0.6 is 0 Å². The quantitative estimate of drug-likeness (QED) is 0.120. The number of nitrogens with one attached hydrogen (secondary N) is 2. The highest BCUT2D eigenvalue weighted by Gasteiger charge is 2.51. The number of likely N-dealkylation sites (tertiary alicyclic amines) is 1. The van der Waals surface area contributed by atoms with Gasteiger partial charge in [-0.05, 0) is 61.7 Å². The number of aryl methyl sites for hydroxylation is 1. The Kier molecular flexibility index (Phi) is 15.8. The lowest BCUT2D eigenvalue weighted by Gasteiger charge is -2.33. The molecule has 49 heavy (non-hydrogen) atoms. The third-order valence-corrected chi connectivity index (χ3v) is 10.9. The molecule has 0 aromatic carbocycles. The summed E-state index contributed by atoms with van der Waals surface area (Å²) in [6.45, 7) is 13.9. The molecule has 7 atom stereocenters. The fourth-order valence-electron chi connectivity index (χ4n) is 7.67. The maximum absolute atomic E-state index is 14.3. The predicted octanol–water partition coefficient (Wildman–Crippen LogP) is 5.47. The SMILES string of the molecule is CCCC(CC(=O)[C@@H]1[C@H]2CCC[C@H]2CN1C(=O)[C@@H](NC(=O)[C@H](CC(=O)CCCCc1ncn[nH]1)C(C)C)C(C)C)C(=O)C(=O)C[C@H](C)CC. The minimum atomic E-state index is -0.856.